The van der Waals surface area contributed by atoms with Crippen LogP contribution < -0.4 is 4.74 Å². The highest BCUT2D eigenvalue weighted by atomic mass is 16.5. The molecule has 0 amide bonds. The topological polar surface area (TPSA) is 18.5 Å². The SMILES string of the molecule is CCCCCCCCCOC(C)c1ccc(-c2ccc(OCCCCCCCC)cc2)cc1. The normalized spacial score (nSPS) is 12.1. The van der Waals surface area contributed by atoms with Crippen molar-refractivity contribution >= 4 is 0 Å². The molecule has 0 radical (unpaired) electrons. The lowest BCUT2D eigenvalue weighted by molar-refractivity contribution is 0.0627. The maximum Gasteiger partial charge on any atom is 0.119 e. The average molecular weight is 453 g/mol. The Balaban J connectivity index is 1.66. The summed E-state index contributed by atoms with van der Waals surface area (Å²) >= 11 is 0. The second-order valence-corrected chi connectivity index (χ2v) is 9.40. The maximum atomic E-state index is 6.07. The van der Waals surface area contributed by atoms with Gasteiger partial charge in [0.2, 0.25) is 0 Å². The summed E-state index contributed by atoms with van der Waals surface area (Å²) < 4.78 is 12.0. The quantitative estimate of drug-likeness (QED) is 0.197. The molecule has 0 aliphatic carbocycles. The van der Waals surface area contributed by atoms with E-state index in [1.165, 1.54) is 93.7 Å². The lowest BCUT2D eigenvalue weighted by atomic mass is 10.0. The van der Waals surface area contributed by atoms with Gasteiger partial charge in [0.15, 0.2) is 0 Å². The minimum Gasteiger partial charge on any atom is -0.494 e. The molecule has 0 bridgehead atoms. The van der Waals surface area contributed by atoms with E-state index in [2.05, 4.69) is 69.3 Å². The minimum atomic E-state index is 0.150. The zero-order valence-corrected chi connectivity index (χ0v) is 21.6. The first-order valence-corrected chi connectivity index (χ1v) is 13.7. The standard InChI is InChI=1S/C31H48O2/c1-4-6-8-10-12-14-15-25-32-27(3)28-17-19-29(20-18-28)30-21-23-31(24-22-30)33-26-16-13-11-9-7-5-2/h17-24,27H,4-16,25-26H2,1-3H3. The molecule has 0 saturated heterocycles. The Bertz CT molecular complexity index is 705. The number of ether oxygens (including phenoxy) is 2. The summed E-state index contributed by atoms with van der Waals surface area (Å²) in [4.78, 5) is 0. The molecule has 0 heterocycles. The van der Waals surface area contributed by atoms with Gasteiger partial charge >= 0.3 is 0 Å². The third-order valence-corrected chi connectivity index (χ3v) is 6.45. The van der Waals surface area contributed by atoms with Crippen LogP contribution in [0.2, 0.25) is 0 Å². The molecule has 2 aromatic carbocycles. The number of benzene rings is 2. The van der Waals surface area contributed by atoms with Crippen LogP contribution in [0.3, 0.4) is 0 Å². The van der Waals surface area contributed by atoms with Gasteiger partial charge in [0.25, 0.3) is 0 Å². The van der Waals surface area contributed by atoms with E-state index < -0.39 is 0 Å². The summed E-state index contributed by atoms with van der Waals surface area (Å²) in [5, 5.41) is 0. The summed E-state index contributed by atoms with van der Waals surface area (Å²) in [7, 11) is 0. The highest BCUT2D eigenvalue weighted by Crippen LogP contribution is 2.25. The van der Waals surface area contributed by atoms with Crippen LogP contribution in [0, 0.1) is 0 Å². The lowest BCUT2D eigenvalue weighted by Gasteiger charge is -2.14. The molecule has 0 N–H and O–H groups in total. The van der Waals surface area contributed by atoms with Gasteiger partial charge in [-0.2, -0.15) is 0 Å². The van der Waals surface area contributed by atoms with Gasteiger partial charge in [-0.1, -0.05) is 121 Å². The van der Waals surface area contributed by atoms with Gasteiger partial charge in [-0.05, 0) is 48.6 Å². The van der Waals surface area contributed by atoms with Crippen molar-refractivity contribution in [2.24, 2.45) is 0 Å². The maximum absolute atomic E-state index is 6.07. The zero-order valence-electron chi connectivity index (χ0n) is 21.6. The fourth-order valence-corrected chi connectivity index (χ4v) is 4.18. The molecule has 0 aliphatic rings. The Morgan fingerprint density at radius 1 is 0.545 bits per heavy atom. The van der Waals surface area contributed by atoms with E-state index >= 15 is 0 Å². The number of rotatable bonds is 19. The van der Waals surface area contributed by atoms with E-state index in [9.17, 15) is 0 Å². The Labute approximate surface area is 204 Å². The first-order chi connectivity index (χ1) is 16.2. The smallest absolute Gasteiger partial charge is 0.119 e. The van der Waals surface area contributed by atoms with Crippen LogP contribution in [0.5, 0.6) is 5.75 Å². The van der Waals surface area contributed by atoms with Crippen LogP contribution in [-0.4, -0.2) is 13.2 Å². The molecule has 33 heavy (non-hydrogen) atoms. The van der Waals surface area contributed by atoms with E-state index in [0.717, 1.165) is 25.4 Å². The Morgan fingerprint density at radius 2 is 1.00 bits per heavy atom. The third-order valence-electron chi connectivity index (χ3n) is 6.45. The molecule has 184 valence electrons. The first kappa shape index (κ1) is 27.4. The number of unbranched alkanes of at least 4 members (excludes halogenated alkanes) is 11. The monoisotopic (exact) mass is 452 g/mol. The van der Waals surface area contributed by atoms with Gasteiger partial charge in [-0.15, -0.1) is 0 Å². The lowest BCUT2D eigenvalue weighted by Crippen LogP contribution is -2.01. The first-order valence-electron chi connectivity index (χ1n) is 13.7. The minimum absolute atomic E-state index is 0.150. The molecule has 0 aliphatic heterocycles. The van der Waals surface area contributed by atoms with Gasteiger partial charge in [0, 0.05) is 6.61 Å². The summed E-state index contributed by atoms with van der Waals surface area (Å²) in [5.41, 5.74) is 3.71. The molecular formula is C31H48O2. The molecule has 2 aromatic rings. The molecule has 1 unspecified atom stereocenters. The van der Waals surface area contributed by atoms with E-state index in [0.29, 0.717) is 0 Å². The van der Waals surface area contributed by atoms with Crippen LogP contribution in [0.15, 0.2) is 48.5 Å². The molecule has 2 heteroatoms. The van der Waals surface area contributed by atoms with Crippen molar-refractivity contribution in [3.8, 4) is 16.9 Å². The van der Waals surface area contributed by atoms with Gasteiger partial charge < -0.3 is 9.47 Å². The third kappa shape index (κ3) is 11.8. The largest absolute Gasteiger partial charge is 0.494 e. The molecule has 2 nitrogen and oxygen atoms in total. The Kier molecular flexibility index (Phi) is 14.7. The van der Waals surface area contributed by atoms with Crippen molar-refractivity contribution in [1.29, 1.82) is 0 Å². The second-order valence-electron chi connectivity index (χ2n) is 9.40. The average Bonchev–Trinajstić information content (AvgIpc) is 2.85. The van der Waals surface area contributed by atoms with Crippen molar-refractivity contribution in [1.82, 2.24) is 0 Å². The molecule has 0 fully saturated rings. The highest BCUT2D eigenvalue weighted by molar-refractivity contribution is 5.64. The van der Waals surface area contributed by atoms with Gasteiger partial charge in [-0.25, -0.2) is 0 Å². The Hall–Kier alpha value is -1.80. The van der Waals surface area contributed by atoms with Crippen molar-refractivity contribution < 1.29 is 9.47 Å². The van der Waals surface area contributed by atoms with Crippen LogP contribution in [0.25, 0.3) is 11.1 Å². The molecule has 1 atom stereocenters. The van der Waals surface area contributed by atoms with Crippen molar-refractivity contribution in [2.75, 3.05) is 13.2 Å². The van der Waals surface area contributed by atoms with Crippen molar-refractivity contribution in [2.45, 2.75) is 110 Å². The summed E-state index contributed by atoms with van der Waals surface area (Å²) in [5.74, 6) is 0.969. The van der Waals surface area contributed by atoms with Crippen LogP contribution in [0.1, 0.15) is 116 Å². The van der Waals surface area contributed by atoms with Crippen LogP contribution in [-0.2, 0) is 4.74 Å². The fraction of sp³-hybridized carbons (Fsp3) is 0.613. The molecule has 0 aromatic heterocycles. The molecule has 0 spiro atoms. The predicted molar refractivity (Wildman–Crippen MR) is 143 cm³/mol. The van der Waals surface area contributed by atoms with Crippen LogP contribution >= 0.6 is 0 Å². The summed E-state index contributed by atoms with van der Waals surface area (Å²) in [6.45, 7) is 8.36. The van der Waals surface area contributed by atoms with Crippen LogP contribution in [0.4, 0.5) is 0 Å². The van der Waals surface area contributed by atoms with E-state index in [1.807, 2.05) is 0 Å². The zero-order chi connectivity index (χ0) is 23.6. The number of hydrogen-bond donors (Lipinski definition) is 0. The fourth-order valence-electron chi connectivity index (χ4n) is 4.18. The van der Waals surface area contributed by atoms with Crippen molar-refractivity contribution in [3.63, 3.8) is 0 Å². The van der Waals surface area contributed by atoms with Gasteiger partial charge in [0.1, 0.15) is 5.75 Å². The second kappa shape index (κ2) is 17.6. The molecule has 2 rings (SSSR count). The summed E-state index contributed by atoms with van der Waals surface area (Å²) in [6, 6.07) is 17.3. The summed E-state index contributed by atoms with van der Waals surface area (Å²) in [6.07, 6.45) is 17.2. The molecular weight excluding hydrogens is 404 g/mol. The molecule has 0 saturated carbocycles. The number of hydrogen-bond acceptors (Lipinski definition) is 2. The predicted octanol–water partition coefficient (Wildman–Crippen LogP) is 9.92. The van der Waals surface area contributed by atoms with Crippen molar-refractivity contribution in [3.05, 3.63) is 54.1 Å². The van der Waals surface area contributed by atoms with E-state index in [1.54, 1.807) is 0 Å². The van der Waals surface area contributed by atoms with Gasteiger partial charge in [0.05, 0.1) is 12.7 Å². The van der Waals surface area contributed by atoms with E-state index in [-0.39, 0.29) is 6.10 Å². The Morgan fingerprint density at radius 3 is 1.55 bits per heavy atom. The van der Waals surface area contributed by atoms with Gasteiger partial charge in [-0.3, -0.25) is 0 Å². The highest BCUT2D eigenvalue weighted by Gasteiger charge is 2.07. The van der Waals surface area contributed by atoms with E-state index in [4.69, 9.17) is 9.47 Å².